The maximum Gasteiger partial charge on any atom is 0.168 e. The number of rotatable bonds is 8. The molecular formula is C21H27FN6S. The summed E-state index contributed by atoms with van der Waals surface area (Å²) in [5, 5.41) is 14.8. The van der Waals surface area contributed by atoms with E-state index < -0.39 is 0 Å². The molecule has 154 valence electrons. The number of tetrazole rings is 1. The molecule has 1 fully saturated rings. The molecule has 0 aliphatic carbocycles. The van der Waals surface area contributed by atoms with Crippen molar-refractivity contribution in [3.63, 3.8) is 0 Å². The Bertz CT molecular complexity index is 871. The lowest BCUT2D eigenvalue weighted by Gasteiger charge is -2.39. The van der Waals surface area contributed by atoms with Crippen LogP contribution in [0.3, 0.4) is 0 Å². The summed E-state index contributed by atoms with van der Waals surface area (Å²) in [6.45, 7) is 6.66. The molecule has 29 heavy (non-hydrogen) atoms. The Morgan fingerprint density at radius 2 is 1.90 bits per heavy atom. The molecule has 0 amide bonds. The second-order valence-corrected chi connectivity index (χ2v) is 8.46. The lowest BCUT2D eigenvalue weighted by atomic mass is 10.1. The van der Waals surface area contributed by atoms with Crippen LogP contribution in [0.25, 0.3) is 0 Å². The molecule has 2 aromatic heterocycles. The Balaban J connectivity index is 1.47. The molecule has 1 atom stereocenters. The number of hydrogen-bond donors (Lipinski definition) is 0. The summed E-state index contributed by atoms with van der Waals surface area (Å²) in [5.41, 5.74) is 1.08. The molecule has 6 nitrogen and oxygen atoms in total. The van der Waals surface area contributed by atoms with Crippen LogP contribution in [-0.4, -0.2) is 51.3 Å². The fourth-order valence-corrected chi connectivity index (χ4v) is 4.62. The van der Waals surface area contributed by atoms with Gasteiger partial charge in [-0.15, -0.1) is 16.4 Å². The zero-order chi connectivity index (χ0) is 20.1. The molecule has 0 bridgehead atoms. The van der Waals surface area contributed by atoms with Gasteiger partial charge in [-0.3, -0.25) is 4.90 Å². The van der Waals surface area contributed by atoms with E-state index in [1.165, 1.54) is 17.0 Å². The van der Waals surface area contributed by atoms with Gasteiger partial charge in [0.15, 0.2) is 5.82 Å². The van der Waals surface area contributed by atoms with Crippen LogP contribution in [0.5, 0.6) is 0 Å². The van der Waals surface area contributed by atoms with Gasteiger partial charge in [-0.2, -0.15) is 0 Å². The zero-order valence-corrected chi connectivity index (χ0v) is 17.6. The van der Waals surface area contributed by atoms with Crippen LogP contribution in [0.1, 0.15) is 42.9 Å². The van der Waals surface area contributed by atoms with Gasteiger partial charge in [0, 0.05) is 36.7 Å². The molecule has 4 rings (SSSR count). The molecule has 8 heteroatoms. The first kappa shape index (κ1) is 20.0. The highest BCUT2D eigenvalue weighted by Gasteiger charge is 2.29. The molecule has 1 saturated heterocycles. The van der Waals surface area contributed by atoms with Crippen molar-refractivity contribution in [2.75, 3.05) is 31.1 Å². The van der Waals surface area contributed by atoms with E-state index in [2.05, 4.69) is 49.8 Å². The van der Waals surface area contributed by atoms with Crippen LogP contribution in [0.2, 0.25) is 0 Å². The highest BCUT2D eigenvalue weighted by atomic mass is 32.1. The minimum atomic E-state index is -0.190. The summed E-state index contributed by atoms with van der Waals surface area (Å²) in [6.07, 6.45) is 3.35. The van der Waals surface area contributed by atoms with E-state index >= 15 is 0 Å². The Kier molecular flexibility index (Phi) is 6.51. The number of benzene rings is 1. The summed E-state index contributed by atoms with van der Waals surface area (Å²) in [5.74, 6) is 0.770. The predicted molar refractivity (Wildman–Crippen MR) is 114 cm³/mol. The van der Waals surface area contributed by atoms with Crippen molar-refractivity contribution in [2.45, 2.75) is 38.8 Å². The molecule has 1 unspecified atom stereocenters. The predicted octanol–water partition coefficient (Wildman–Crippen LogP) is 3.98. The first-order valence-corrected chi connectivity index (χ1v) is 11.2. The van der Waals surface area contributed by atoms with E-state index in [1.807, 2.05) is 16.8 Å². The van der Waals surface area contributed by atoms with Gasteiger partial charge in [0.25, 0.3) is 0 Å². The van der Waals surface area contributed by atoms with E-state index in [4.69, 9.17) is 0 Å². The second kappa shape index (κ2) is 9.45. The summed E-state index contributed by atoms with van der Waals surface area (Å²) in [4.78, 5) is 6.09. The van der Waals surface area contributed by atoms with E-state index in [0.717, 1.165) is 63.5 Å². The number of unbranched alkanes of at least 4 members (excludes halogenated alkanes) is 1. The highest BCUT2D eigenvalue weighted by Crippen LogP contribution is 2.28. The van der Waals surface area contributed by atoms with Crippen LogP contribution in [0, 0.1) is 5.82 Å². The third-order valence-electron chi connectivity index (χ3n) is 5.52. The van der Waals surface area contributed by atoms with E-state index in [-0.39, 0.29) is 11.9 Å². The van der Waals surface area contributed by atoms with E-state index in [0.29, 0.717) is 0 Å². The smallest absolute Gasteiger partial charge is 0.168 e. The fourth-order valence-electron chi connectivity index (χ4n) is 3.93. The number of anilines is 1. The van der Waals surface area contributed by atoms with Crippen LogP contribution in [0.15, 0.2) is 41.8 Å². The lowest BCUT2D eigenvalue weighted by Crippen LogP contribution is -2.48. The standard InChI is InChI=1S/C21H27FN6S/c1-2-3-6-20(21-23-24-25-28(21)16-19-5-4-15-29-19)27-13-11-26(12-14-27)18-9-7-17(22)8-10-18/h4-5,7-10,15,20H,2-3,6,11-14,16H2,1H3. The second-order valence-electron chi connectivity index (χ2n) is 7.43. The molecule has 0 saturated carbocycles. The highest BCUT2D eigenvalue weighted by molar-refractivity contribution is 7.09. The molecule has 0 spiro atoms. The van der Waals surface area contributed by atoms with Crippen molar-refractivity contribution < 1.29 is 4.39 Å². The first-order valence-electron chi connectivity index (χ1n) is 10.3. The topological polar surface area (TPSA) is 50.1 Å². The zero-order valence-electron chi connectivity index (χ0n) is 16.7. The van der Waals surface area contributed by atoms with Crippen molar-refractivity contribution in [2.24, 2.45) is 0 Å². The average Bonchev–Trinajstić information content (AvgIpc) is 3.42. The molecule has 1 aromatic carbocycles. The van der Waals surface area contributed by atoms with Crippen LogP contribution in [0.4, 0.5) is 10.1 Å². The van der Waals surface area contributed by atoms with Gasteiger partial charge >= 0.3 is 0 Å². The van der Waals surface area contributed by atoms with E-state index in [9.17, 15) is 4.39 Å². The van der Waals surface area contributed by atoms with Gasteiger partial charge in [0.2, 0.25) is 0 Å². The SMILES string of the molecule is CCCCC(c1nnnn1Cc1cccs1)N1CCN(c2ccc(F)cc2)CC1. The molecule has 1 aliphatic heterocycles. The largest absolute Gasteiger partial charge is 0.369 e. The Morgan fingerprint density at radius 3 is 2.59 bits per heavy atom. The molecule has 0 N–H and O–H groups in total. The minimum Gasteiger partial charge on any atom is -0.369 e. The monoisotopic (exact) mass is 414 g/mol. The third-order valence-corrected chi connectivity index (χ3v) is 6.38. The van der Waals surface area contributed by atoms with Crippen molar-refractivity contribution in [3.8, 4) is 0 Å². The number of nitrogens with zero attached hydrogens (tertiary/aromatic N) is 6. The number of hydrogen-bond acceptors (Lipinski definition) is 6. The Morgan fingerprint density at radius 1 is 1.10 bits per heavy atom. The number of aromatic nitrogens is 4. The molecule has 1 aliphatic rings. The molecule has 3 aromatic rings. The normalized spacial score (nSPS) is 16.3. The minimum absolute atomic E-state index is 0.190. The maximum absolute atomic E-state index is 13.2. The third kappa shape index (κ3) is 4.82. The average molecular weight is 415 g/mol. The molecular weight excluding hydrogens is 387 g/mol. The van der Waals surface area contributed by atoms with Gasteiger partial charge in [-0.25, -0.2) is 9.07 Å². The van der Waals surface area contributed by atoms with Gasteiger partial charge in [-0.05, 0) is 52.6 Å². The quantitative estimate of drug-likeness (QED) is 0.558. The van der Waals surface area contributed by atoms with Crippen LogP contribution >= 0.6 is 11.3 Å². The van der Waals surface area contributed by atoms with Gasteiger partial charge < -0.3 is 4.90 Å². The molecule has 0 radical (unpaired) electrons. The summed E-state index contributed by atoms with van der Waals surface area (Å²) in [7, 11) is 0. The van der Waals surface area contributed by atoms with Gasteiger partial charge in [0.1, 0.15) is 5.82 Å². The van der Waals surface area contributed by atoms with Crippen molar-refractivity contribution in [1.82, 2.24) is 25.1 Å². The number of piperazine rings is 1. The summed E-state index contributed by atoms with van der Waals surface area (Å²) in [6, 6.07) is 11.2. The Hall–Kier alpha value is -2.32. The van der Waals surface area contributed by atoms with Crippen molar-refractivity contribution >= 4 is 17.0 Å². The summed E-state index contributed by atoms with van der Waals surface area (Å²) < 4.78 is 15.2. The summed E-state index contributed by atoms with van der Waals surface area (Å²) >= 11 is 1.73. The van der Waals surface area contributed by atoms with Crippen LogP contribution in [-0.2, 0) is 6.54 Å². The van der Waals surface area contributed by atoms with Gasteiger partial charge in [-0.1, -0.05) is 25.8 Å². The van der Waals surface area contributed by atoms with Crippen molar-refractivity contribution in [3.05, 3.63) is 58.3 Å². The number of thiophene rings is 1. The molecule has 3 heterocycles. The fraction of sp³-hybridized carbons (Fsp3) is 0.476. The van der Waals surface area contributed by atoms with Gasteiger partial charge in [0.05, 0.1) is 12.6 Å². The van der Waals surface area contributed by atoms with E-state index in [1.54, 1.807) is 11.3 Å². The van der Waals surface area contributed by atoms with Crippen LogP contribution < -0.4 is 4.90 Å². The maximum atomic E-state index is 13.2. The Labute approximate surface area is 174 Å². The lowest BCUT2D eigenvalue weighted by molar-refractivity contribution is 0.163. The number of halogens is 1. The van der Waals surface area contributed by atoms with Crippen molar-refractivity contribution in [1.29, 1.82) is 0 Å². The first-order chi connectivity index (χ1) is 14.2.